The molecule has 0 aromatic rings. The van der Waals surface area contributed by atoms with Crippen molar-refractivity contribution in [1.29, 1.82) is 0 Å². The van der Waals surface area contributed by atoms with E-state index < -0.39 is 5.97 Å². The molecule has 0 aliphatic carbocycles. The summed E-state index contributed by atoms with van der Waals surface area (Å²) >= 11 is 0. The lowest BCUT2D eigenvalue weighted by Crippen LogP contribution is -2.28. The van der Waals surface area contributed by atoms with Gasteiger partial charge in [0.2, 0.25) is 5.91 Å². The van der Waals surface area contributed by atoms with Crippen LogP contribution in [0.3, 0.4) is 0 Å². The fourth-order valence-corrected chi connectivity index (χ4v) is 0.781. The van der Waals surface area contributed by atoms with E-state index in [1.807, 2.05) is 6.92 Å². The molecule has 0 aromatic heterocycles. The average molecular weight is 188 g/mol. The normalized spacial score (nSPS) is 12.2. The molecule has 4 N–H and O–H groups in total. The molecular formula is C8H16N2O3. The third-order valence-corrected chi connectivity index (χ3v) is 1.60. The SMILES string of the molecule is CC(CN)CC(=O)NCCC(=O)O. The minimum absolute atomic E-state index is 0.0389. The average Bonchev–Trinajstić information content (AvgIpc) is 2.03. The summed E-state index contributed by atoms with van der Waals surface area (Å²) in [6.07, 6.45) is 0.318. The van der Waals surface area contributed by atoms with Crippen LogP contribution in [-0.2, 0) is 9.59 Å². The Hall–Kier alpha value is -1.10. The number of carboxylic acids is 1. The minimum atomic E-state index is -0.910. The number of hydrogen-bond acceptors (Lipinski definition) is 3. The first-order valence-corrected chi connectivity index (χ1v) is 4.24. The second-order valence-corrected chi connectivity index (χ2v) is 3.04. The minimum Gasteiger partial charge on any atom is -0.481 e. The lowest BCUT2D eigenvalue weighted by molar-refractivity contribution is -0.136. The zero-order valence-electron chi connectivity index (χ0n) is 7.75. The first-order valence-electron chi connectivity index (χ1n) is 4.24. The molecule has 0 bridgehead atoms. The number of amides is 1. The van der Waals surface area contributed by atoms with Gasteiger partial charge < -0.3 is 16.2 Å². The lowest BCUT2D eigenvalue weighted by atomic mass is 10.1. The summed E-state index contributed by atoms with van der Waals surface area (Å²) < 4.78 is 0. The Bertz CT molecular complexity index is 182. The molecule has 1 unspecified atom stereocenters. The summed E-state index contributed by atoms with van der Waals surface area (Å²) in [4.78, 5) is 21.1. The van der Waals surface area contributed by atoms with Gasteiger partial charge in [0.15, 0.2) is 0 Å². The number of aliphatic carboxylic acids is 1. The zero-order chi connectivity index (χ0) is 10.3. The predicted molar refractivity (Wildman–Crippen MR) is 48.1 cm³/mol. The first kappa shape index (κ1) is 11.9. The fraction of sp³-hybridized carbons (Fsp3) is 0.750. The van der Waals surface area contributed by atoms with Gasteiger partial charge in [0, 0.05) is 13.0 Å². The highest BCUT2D eigenvalue weighted by Gasteiger charge is 2.07. The van der Waals surface area contributed by atoms with E-state index in [2.05, 4.69) is 5.32 Å². The van der Waals surface area contributed by atoms with Crippen molar-refractivity contribution in [2.45, 2.75) is 19.8 Å². The van der Waals surface area contributed by atoms with Crippen LogP contribution < -0.4 is 11.1 Å². The van der Waals surface area contributed by atoms with Gasteiger partial charge in [-0.1, -0.05) is 6.92 Å². The smallest absolute Gasteiger partial charge is 0.305 e. The summed E-state index contributed by atoms with van der Waals surface area (Å²) in [5.74, 6) is -0.906. The highest BCUT2D eigenvalue weighted by atomic mass is 16.4. The van der Waals surface area contributed by atoms with Crippen LogP contribution in [0.15, 0.2) is 0 Å². The molecule has 1 amide bonds. The van der Waals surface area contributed by atoms with Crippen molar-refractivity contribution in [2.24, 2.45) is 11.7 Å². The van der Waals surface area contributed by atoms with Crippen molar-refractivity contribution in [3.8, 4) is 0 Å². The molecule has 13 heavy (non-hydrogen) atoms. The molecule has 0 saturated heterocycles. The third kappa shape index (κ3) is 7.27. The Labute approximate surface area is 77.3 Å². The van der Waals surface area contributed by atoms with Gasteiger partial charge in [-0.05, 0) is 12.5 Å². The molecule has 5 nitrogen and oxygen atoms in total. The van der Waals surface area contributed by atoms with Crippen molar-refractivity contribution in [1.82, 2.24) is 5.32 Å². The third-order valence-electron chi connectivity index (χ3n) is 1.60. The van der Waals surface area contributed by atoms with Gasteiger partial charge in [-0.2, -0.15) is 0 Å². The van der Waals surface area contributed by atoms with Crippen LogP contribution in [-0.4, -0.2) is 30.1 Å². The summed E-state index contributed by atoms with van der Waals surface area (Å²) in [6.45, 7) is 2.52. The fourth-order valence-electron chi connectivity index (χ4n) is 0.781. The van der Waals surface area contributed by atoms with E-state index in [-0.39, 0.29) is 24.8 Å². The molecular weight excluding hydrogens is 172 g/mol. The van der Waals surface area contributed by atoms with Crippen LogP contribution in [0.1, 0.15) is 19.8 Å². The van der Waals surface area contributed by atoms with Gasteiger partial charge in [0.05, 0.1) is 6.42 Å². The van der Waals surface area contributed by atoms with Crippen molar-refractivity contribution in [3.05, 3.63) is 0 Å². The maximum absolute atomic E-state index is 11.0. The molecule has 0 aliphatic rings. The molecule has 0 heterocycles. The summed E-state index contributed by atoms with van der Waals surface area (Å²) in [6, 6.07) is 0. The van der Waals surface area contributed by atoms with Crippen LogP contribution in [0.5, 0.6) is 0 Å². The van der Waals surface area contributed by atoms with E-state index in [1.165, 1.54) is 0 Å². The highest BCUT2D eigenvalue weighted by Crippen LogP contribution is 1.97. The van der Waals surface area contributed by atoms with E-state index in [0.29, 0.717) is 13.0 Å². The van der Waals surface area contributed by atoms with Gasteiger partial charge in [-0.15, -0.1) is 0 Å². The molecule has 0 radical (unpaired) electrons. The van der Waals surface area contributed by atoms with E-state index in [9.17, 15) is 9.59 Å². The maximum atomic E-state index is 11.0. The Morgan fingerprint density at radius 2 is 2.15 bits per heavy atom. The van der Waals surface area contributed by atoms with Crippen molar-refractivity contribution in [2.75, 3.05) is 13.1 Å². The second kappa shape index (κ2) is 6.42. The Kier molecular flexibility index (Phi) is 5.88. The van der Waals surface area contributed by atoms with Gasteiger partial charge in [0.1, 0.15) is 0 Å². The maximum Gasteiger partial charge on any atom is 0.305 e. The number of carboxylic acid groups (broad SMARTS) is 1. The van der Waals surface area contributed by atoms with Gasteiger partial charge >= 0.3 is 5.97 Å². The largest absolute Gasteiger partial charge is 0.481 e. The summed E-state index contributed by atoms with van der Waals surface area (Å²) in [5.41, 5.74) is 5.32. The van der Waals surface area contributed by atoms with Crippen LogP contribution in [0.25, 0.3) is 0 Å². The monoisotopic (exact) mass is 188 g/mol. The molecule has 0 fully saturated rings. The number of nitrogens with one attached hydrogen (secondary N) is 1. The topological polar surface area (TPSA) is 92.4 Å². The molecule has 0 aromatic carbocycles. The Morgan fingerprint density at radius 1 is 1.54 bits per heavy atom. The predicted octanol–water partition coefficient (Wildman–Crippen LogP) is -0.438. The van der Waals surface area contributed by atoms with E-state index in [0.717, 1.165) is 0 Å². The van der Waals surface area contributed by atoms with Gasteiger partial charge in [-0.25, -0.2) is 0 Å². The Morgan fingerprint density at radius 3 is 2.62 bits per heavy atom. The number of rotatable bonds is 6. The van der Waals surface area contributed by atoms with E-state index >= 15 is 0 Å². The van der Waals surface area contributed by atoms with Crippen molar-refractivity contribution >= 4 is 11.9 Å². The van der Waals surface area contributed by atoms with Crippen LogP contribution >= 0.6 is 0 Å². The molecule has 5 heteroatoms. The number of hydrogen-bond donors (Lipinski definition) is 3. The number of nitrogens with two attached hydrogens (primary N) is 1. The van der Waals surface area contributed by atoms with Crippen LogP contribution in [0.4, 0.5) is 0 Å². The first-order chi connectivity index (χ1) is 6.06. The van der Waals surface area contributed by atoms with Gasteiger partial charge in [-0.3, -0.25) is 9.59 Å². The summed E-state index contributed by atoms with van der Waals surface area (Å²) in [7, 11) is 0. The number of carbonyl (C=O) groups excluding carboxylic acids is 1. The van der Waals surface area contributed by atoms with Crippen molar-refractivity contribution < 1.29 is 14.7 Å². The molecule has 0 aliphatic heterocycles. The van der Waals surface area contributed by atoms with Gasteiger partial charge in [0.25, 0.3) is 0 Å². The second-order valence-electron chi connectivity index (χ2n) is 3.04. The van der Waals surface area contributed by atoms with E-state index in [4.69, 9.17) is 10.8 Å². The molecule has 76 valence electrons. The molecule has 1 atom stereocenters. The van der Waals surface area contributed by atoms with Crippen LogP contribution in [0, 0.1) is 5.92 Å². The van der Waals surface area contributed by atoms with Crippen LogP contribution in [0.2, 0.25) is 0 Å². The highest BCUT2D eigenvalue weighted by molar-refractivity contribution is 5.76. The quantitative estimate of drug-likeness (QED) is 0.527. The summed E-state index contributed by atoms with van der Waals surface area (Å²) in [5, 5.41) is 10.8. The standard InChI is InChI=1S/C8H16N2O3/c1-6(5-9)4-7(11)10-3-2-8(12)13/h6H,2-5,9H2,1H3,(H,10,11)(H,12,13). The number of carbonyl (C=O) groups is 2. The molecule has 0 rings (SSSR count). The Balaban J connectivity index is 3.46. The van der Waals surface area contributed by atoms with Crippen molar-refractivity contribution in [3.63, 3.8) is 0 Å². The lowest BCUT2D eigenvalue weighted by Gasteiger charge is -2.07. The molecule has 0 saturated carbocycles. The molecule has 0 spiro atoms. The zero-order valence-corrected chi connectivity index (χ0v) is 7.75. The van der Waals surface area contributed by atoms with E-state index in [1.54, 1.807) is 0 Å².